The van der Waals surface area contributed by atoms with Crippen LogP contribution in [-0.4, -0.2) is 24.3 Å². The highest BCUT2D eigenvalue weighted by molar-refractivity contribution is 7.99. The normalized spacial score (nSPS) is 17.5. The standard InChI is InChI=1S/C26H23N3O3S2/c1-30-17-11-12-20(22(16-17)31-2)29-25(24(28-26(29)33)19-10-6-7-15-27-19)21-13-14-23(32-21)34-18-8-4-3-5-9-18/h3-16,24-25H,1-2H3,(H,28,33)/t24-,25-/m1/s1. The van der Waals surface area contributed by atoms with Crippen LogP contribution in [0.25, 0.3) is 0 Å². The van der Waals surface area contributed by atoms with Crippen molar-refractivity contribution < 1.29 is 13.9 Å². The van der Waals surface area contributed by atoms with Crippen molar-refractivity contribution in [2.45, 2.75) is 22.1 Å². The van der Waals surface area contributed by atoms with Gasteiger partial charge in [0.05, 0.1) is 31.6 Å². The van der Waals surface area contributed by atoms with Gasteiger partial charge in [0.2, 0.25) is 0 Å². The van der Waals surface area contributed by atoms with Gasteiger partial charge in [-0.3, -0.25) is 4.98 Å². The van der Waals surface area contributed by atoms with E-state index >= 15 is 0 Å². The fourth-order valence-electron chi connectivity index (χ4n) is 4.04. The molecule has 1 saturated heterocycles. The highest BCUT2D eigenvalue weighted by Crippen LogP contribution is 2.46. The molecule has 3 heterocycles. The Hall–Kier alpha value is -3.49. The SMILES string of the molecule is COc1ccc(N2C(=S)N[C@H](c3ccccn3)[C@H]2c2ccc(Sc3ccccc3)o2)c(OC)c1. The third kappa shape index (κ3) is 4.34. The lowest BCUT2D eigenvalue weighted by molar-refractivity contribution is 0.378. The molecule has 1 fully saturated rings. The van der Waals surface area contributed by atoms with Gasteiger partial charge >= 0.3 is 0 Å². The maximum atomic E-state index is 6.37. The predicted octanol–water partition coefficient (Wildman–Crippen LogP) is 6.02. The van der Waals surface area contributed by atoms with Gasteiger partial charge in [-0.2, -0.15) is 0 Å². The van der Waals surface area contributed by atoms with E-state index in [0.29, 0.717) is 16.6 Å². The minimum Gasteiger partial charge on any atom is -0.497 e. The Morgan fingerprint density at radius 3 is 2.53 bits per heavy atom. The van der Waals surface area contributed by atoms with E-state index in [2.05, 4.69) is 22.4 Å². The summed E-state index contributed by atoms with van der Waals surface area (Å²) in [6, 6.07) is 25.2. The number of rotatable bonds is 7. The molecule has 0 spiro atoms. The van der Waals surface area contributed by atoms with Crippen LogP contribution in [0.15, 0.2) is 99.5 Å². The van der Waals surface area contributed by atoms with Gasteiger partial charge in [-0.25, -0.2) is 0 Å². The summed E-state index contributed by atoms with van der Waals surface area (Å²) in [5.74, 6) is 2.14. The quantitative estimate of drug-likeness (QED) is 0.316. The monoisotopic (exact) mass is 489 g/mol. The summed E-state index contributed by atoms with van der Waals surface area (Å²) >= 11 is 7.39. The number of thiocarbonyl (C=S) groups is 1. The zero-order valence-electron chi connectivity index (χ0n) is 18.7. The average molecular weight is 490 g/mol. The van der Waals surface area contributed by atoms with E-state index in [9.17, 15) is 0 Å². The minimum atomic E-state index is -0.269. The predicted molar refractivity (Wildman–Crippen MR) is 137 cm³/mol. The van der Waals surface area contributed by atoms with Gasteiger partial charge in [-0.05, 0) is 60.7 Å². The van der Waals surface area contributed by atoms with Gasteiger partial charge in [-0.1, -0.05) is 36.0 Å². The summed E-state index contributed by atoms with van der Waals surface area (Å²) < 4.78 is 17.5. The number of nitrogens with zero attached hydrogens (tertiary/aromatic N) is 2. The molecule has 2 aromatic carbocycles. The summed E-state index contributed by atoms with van der Waals surface area (Å²) in [5.41, 5.74) is 1.69. The maximum absolute atomic E-state index is 6.37. The molecule has 6 nitrogen and oxygen atoms in total. The second kappa shape index (κ2) is 9.79. The molecule has 0 radical (unpaired) electrons. The first-order valence-electron chi connectivity index (χ1n) is 10.7. The molecule has 5 rings (SSSR count). The average Bonchev–Trinajstić information content (AvgIpc) is 3.48. The molecule has 8 heteroatoms. The van der Waals surface area contributed by atoms with Gasteiger partial charge in [0.1, 0.15) is 23.3 Å². The summed E-state index contributed by atoms with van der Waals surface area (Å²) in [5, 5.41) is 4.82. The van der Waals surface area contributed by atoms with Gasteiger partial charge in [0, 0.05) is 17.2 Å². The highest BCUT2D eigenvalue weighted by atomic mass is 32.2. The Labute approximate surface area is 207 Å². The van der Waals surface area contributed by atoms with E-state index < -0.39 is 0 Å². The van der Waals surface area contributed by atoms with Crippen LogP contribution < -0.4 is 19.7 Å². The number of ether oxygens (including phenoxy) is 2. The molecule has 0 aliphatic carbocycles. The lowest BCUT2D eigenvalue weighted by atomic mass is 10.0. The number of furan rings is 1. The number of methoxy groups -OCH3 is 2. The van der Waals surface area contributed by atoms with E-state index in [4.69, 9.17) is 26.1 Å². The third-order valence-electron chi connectivity index (χ3n) is 5.60. The third-order valence-corrected chi connectivity index (χ3v) is 6.84. The van der Waals surface area contributed by atoms with Crippen LogP contribution in [0, 0.1) is 0 Å². The second-order valence-electron chi connectivity index (χ2n) is 7.61. The van der Waals surface area contributed by atoms with Gasteiger partial charge in [0.15, 0.2) is 10.2 Å². The molecule has 2 aromatic heterocycles. The fourth-order valence-corrected chi connectivity index (χ4v) is 5.18. The smallest absolute Gasteiger partial charge is 0.174 e. The zero-order valence-corrected chi connectivity index (χ0v) is 20.3. The Morgan fingerprint density at radius 1 is 0.971 bits per heavy atom. The highest BCUT2D eigenvalue weighted by Gasteiger charge is 2.43. The van der Waals surface area contributed by atoms with Gasteiger partial charge in [-0.15, -0.1) is 0 Å². The molecule has 1 N–H and O–H groups in total. The number of nitrogens with one attached hydrogen (secondary N) is 1. The van der Waals surface area contributed by atoms with E-state index in [1.165, 1.54) is 0 Å². The van der Waals surface area contributed by atoms with Crippen LogP contribution in [0.3, 0.4) is 0 Å². The number of anilines is 1. The van der Waals surface area contributed by atoms with Crippen molar-refractivity contribution in [3.05, 3.63) is 96.5 Å². The van der Waals surface area contributed by atoms with E-state index in [1.54, 1.807) is 32.2 Å². The van der Waals surface area contributed by atoms with Crippen LogP contribution in [0.2, 0.25) is 0 Å². The number of aromatic nitrogens is 1. The Bertz CT molecular complexity index is 1280. The second-order valence-corrected chi connectivity index (χ2v) is 9.07. The molecule has 172 valence electrons. The molecule has 4 aromatic rings. The number of hydrogen-bond acceptors (Lipinski definition) is 6. The largest absolute Gasteiger partial charge is 0.497 e. The minimum absolute atomic E-state index is 0.207. The van der Waals surface area contributed by atoms with Crippen molar-refractivity contribution in [2.75, 3.05) is 19.1 Å². The Kier molecular flexibility index (Phi) is 6.42. The van der Waals surface area contributed by atoms with E-state index in [-0.39, 0.29) is 12.1 Å². The summed E-state index contributed by atoms with van der Waals surface area (Å²) in [6.07, 6.45) is 1.78. The Morgan fingerprint density at radius 2 is 1.79 bits per heavy atom. The van der Waals surface area contributed by atoms with Crippen molar-refractivity contribution in [1.82, 2.24) is 10.3 Å². The van der Waals surface area contributed by atoms with Gasteiger partial charge in [0.25, 0.3) is 0 Å². The lowest BCUT2D eigenvalue weighted by Crippen LogP contribution is -2.29. The fraction of sp³-hybridized carbons (Fsp3) is 0.154. The summed E-state index contributed by atoms with van der Waals surface area (Å²) in [7, 11) is 3.27. The van der Waals surface area contributed by atoms with E-state index in [0.717, 1.165) is 27.1 Å². The van der Waals surface area contributed by atoms with Crippen molar-refractivity contribution in [3.8, 4) is 11.5 Å². The van der Waals surface area contributed by atoms with Gasteiger partial charge < -0.3 is 24.1 Å². The van der Waals surface area contributed by atoms with Crippen molar-refractivity contribution in [2.24, 2.45) is 0 Å². The molecule has 0 bridgehead atoms. The lowest BCUT2D eigenvalue weighted by Gasteiger charge is -2.27. The zero-order chi connectivity index (χ0) is 23.5. The van der Waals surface area contributed by atoms with E-state index in [1.807, 2.05) is 71.6 Å². The molecule has 0 amide bonds. The molecule has 2 atom stereocenters. The first-order chi connectivity index (χ1) is 16.7. The van der Waals surface area contributed by atoms with Crippen LogP contribution in [0.1, 0.15) is 23.5 Å². The molecule has 34 heavy (non-hydrogen) atoms. The topological polar surface area (TPSA) is 59.8 Å². The van der Waals surface area contributed by atoms with Crippen molar-refractivity contribution in [1.29, 1.82) is 0 Å². The van der Waals surface area contributed by atoms with Crippen LogP contribution >= 0.6 is 24.0 Å². The molecular formula is C26H23N3O3S2. The molecule has 1 aliphatic rings. The first-order valence-corrected chi connectivity index (χ1v) is 12.0. The molecule has 0 unspecified atom stereocenters. The Balaban J connectivity index is 1.57. The summed E-state index contributed by atoms with van der Waals surface area (Å²) in [4.78, 5) is 7.74. The summed E-state index contributed by atoms with van der Waals surface area (Å²) in [6.45, 7) is 0. The first kappa shape index (κ1) is 22.3. The van der Waals surface area contributed by atoms with Crippen LogP contribution in [-0.2, 0) is 0 Å². The van der Waals surface area contributed by atoms with Crippen molar-refractivity contribution >= 4 is 34.8 Å². The van der Waals surface area contributed by atoms with Crippen molar-refractivity contribution in [3.63, 3.8) is 0 Å². The number of benzene rings is 2. The number of hydrogen-bond donors (Lipinski definition) is 1. The van der Waals surface area contributed by atoms with Crippen LogP contribution in [0.4, 0.5) is 5.69 Å². The molecular weight excluding hydrogens is 466 g/mol. The molecule has 0 saturated carbocycles. The maximum Gasteiger partial charge on any atom is 0.174 e. The number of pyridine rings is 1. The van der Waals surface area contributed by atoms with Crippen LogP contribution in [0.5, 0.6) is 11.5 Å². The molecule has 1 aliphatic heterocycles.